The fraction of sp³-hybridized carbons (Fsp3) is 0.462. The zero-order chi connectivity index (χ0) is 11.6. The lowest BCUT2D eigenvalue weighted by atomic mass is 9.87. The van der Waals surface area contributed by atoms with Crippen LogP contribution in [0.4, 0.5) is 0 Å². The number of hydrogen-bond donors (Lipinski definition) is 0. The van der Waals surface area contributed by atoms with E-state index in [2.05, 4.69) is 36.7 Å². The molecule has 0 saturated carbocycles. The van der Waals surface area contributed by atoms with Gasteiger partial charge in [0.05, 0.1) is 4.83 Å². The van der Waals surface area contributed by atoms with Crippen LogP contribution in [0.1, 0.15) is 36.7 Å². The Hall–Kier alpha value is -0.630. The Bertz CT molecular complexity index is 346. The molecule has 0 heterocycles. The van der Waals surface area contributed by atoms with Crippen molar-refractivity contribution in [2.24, 2.45) is 5.41 Å². The Morgan fingerprint density at radius 1 is 1.20 bits per heavy atom. The van der Waals surface area contributed by atoms with Crippen LogP contribution < -0.4 is 0 Å². The second-order valence-corrected chi connectivity index (χ2v) is 5.87. The molecular formula is C13H17BrO. The van der Waals surface area contributed by atoms with Gasteiger partial charge in [0.1, 0.15) is 0 Å². The van der Waals surface area contributed by atoms with Gasteiger partial charge >= 0.3 is 0 Å². The van der Waals surface area contributed by atoms with Crippen LogP contribution in [0.3, 0.4) is 0 Å². The van der Waals surface area contributed by atoms with E-state index in [9.17, 15) is 4.79 Å². The number of hydrogen-bond acceptors (Lipinski definition) is 1. The normalized spacial score (nSPS) is 13.7. The molecule has 0 bridgehead atoms. The minimum absolute atomic E-state index is 0.0536. The molecule has 1 atom stereocenters. The predicted octanol–water partition coefficient (Wildman–Crippen LogP) is 3.99. The zero-order valence-corrected chi connectivity index (χ0v) is 11.3. The van der Waals surface area contributed by atoms with Crippen LogP contribution in [0.2, 0.25) is 0 Å². The monoisotopic (exact) mass is 268 g/mol. The number of ketones is 1. The summed E-state index contributed by atoms with van der Waals surface area (Å²) < 4.78 is 0. The van der Waals surface area contributed by atoms with Gasteiger partial charge in [0.2, 0.25) is 0 Å². The summed E-state index contributed by atoms with van der Waals surface area (Å²) in [5.74, 6) is 0.155. The summed E-state index contributed by atoms with van der Waals surface area (Å²) >= 11 is 3.47. The molecule has 1 rings (SSSR count). The molecule has 1 aromatic rings. The molecule has 1 unspecified atom stereocenters. The largest absolute Gasteiger partial charge is 0.293 e. The second-order valence-electron chi connectivity index (χ2n) is 4.96. The van der Waals surface area contributed by atoms with E-state index < -0.39 is 0 Å². The highest BCUT2D eigenvalue weighted by Gasteiger charge is 2.29. The zero-order valence-electron chi connectivity index (χ0n) is 9.67. The summed E-state index contributed by atoms with van der Waals surface area (Å²) in [4.78, 5) is 11.9. The standard InChI is InChI=1S/C13H17BrO/c1-9-5-7-10(8-6-9)11(15)12(14)13(2,3)4/h5-8,12H,1-4H3. The summed E-state index contributed by atoms with van der Waals surface area (Å²) in [5.41, 5.74) is 1.90. The molecule has 0 radical (unpaired) electrons. The average Bonchev–Trinajstić information content (AvgIpc) is 2.15. The summed E-state index contributed by atoms with van der Waals surface area (Å²) in [5, 5.41) is 0. The SMILES string of the molecule is Cc1ccc(C(=O)C(Br)C(C)(C)C)cc1. The van der Waals surface area contributed by atoms with Gasteiger partial charge in [-0.05, 0) is 12.3 Å². The van der Waals surface area contributed by atoms with Crippen LogP contribution in [0, 0.1) is 12.3 Å². The van der Waals surface area contributed by atoms with Crippen molar-refractivity contribution < 1.29 is 4.79 Å². The lowest BCUT2D eigenvalue weighted by molar-refractivity contribution is 0.0954. The quantitative estimate of drug-likeness (QED) is 0.586. The minimum Gasteiger partial charge on any atom is -0.293 e. The van der Waals surface area contributed by atoms with Gasteiger partial charge in [-0.15, -0.1) is 0 Å². The Morgan fingerprint density at radius 3 is 2.07 bits per heavy atom. The first kappa shape index (κ1) is 12.4. The molecule has 0 spiro atoms. The molecular weight excluding hydrogens is 252 g/mol. The van der Waals surface area contributed by atoms with Crippen LogP contribution in [0.25, 0.3) is 0 Å². The first-order chi connectivity index (χ1) is 6.82. The maximum atomic E-state index is 12.1. The van der Waals surface area contributed by atoms with Crippen molar-refractivity contribution in [3.05, 3.63) is 35.4 Å². The molecule has 15 heavy (non-hydrogen) atoms. The topological polar surface area (TPSA) is 17.1 Å². The molecule has 0 amide bonds. The van der Waals surface area contributed by atoms with E-state index in [0.29, 0.717) is 0 Å². The van der Waals surface area contributed by atoms with Crippen molar-refractivity contribution in [3.63, 3.8) is 0 Å². The molecule has 0 aliphatic carbocycles. The number of benzene rings is 1. The number of Topliss-reactive ketones (excluding diaryl/α,β-unsaturated/α-hetero) is 1. The highest BCUT2D eigenvalue weighted by molar-refractivity contribution is 9.10. The lowest BCUT2D eigenvalue weighted by Crippen LogP contribution is -2.28. The van der Waals surface area contributed by atoms with Gasteiger partial charge in [-0.3, -0.25) is 4.79 Å². The number of alkyl halides is 1. The van der Waals surface area contributed by atoms with E-state index in [4.69, 9.17) is 0 Å². The molecule has 82 valence electrons. The average molecular weight is 269 g/mol. The van der Waals surface area contributed by atoms with Crippen LogP contribution in [0.15, 0.2) is 24.3 Å². The summed E-state index contributed by atoms with van der Waals surface area (Å²) in [6.07, 6.45) is 0. The van der Waals surface area contributed by atoms with E-state index >= 15 is 0 Å². The van der Waals surface area contributed by atoms with Crippen molar-refractivity contribution in [2.75, 3.05) is 0 Å². The lowest BCUT2D eigenvalue weighted by Gasteiger charge is -2.24. The molecule has 0 saturated heterocycles. The molecule has 0 N–H and O–H groups in total. The van der Waals surface area contributed by atoms with E-state index in [-0.39, 0.29) is 16.0 Å². The van der Waals surface area contributed by atoms with E-state index in [1.165, 1.54) is 5.56 Å². The van der Waals surface area contributed by atoms with E-state index in [1.54, 1.807) is 0 Å². The van der Waals surface area contributed by atoms with Gasteiger partial charge in [-0.25, -0.2) is 0 Å². The number of rotatable bonds is 2. The number of carbonyl (C=O) groups excluding carboxylic acids is 1. The summed E-state index contributed by atoms with van der Waals surface area (Å²) in [6.45, 7) is 8.18. The Labute approximate surface area is 100 Å². The van der Waals surface area contributed by atoms with E-state index in [0.717, 1.165) is 5.56 Å². The van der Waals surface area contributed by atoms with Crippen molar-refractivity contribution >= 4 is 21.7 Å². The molecule has 0 aliphatic rings. The van der Waals surface area contributed by atoms with Crippen LogP contribution in [0.5, 0.6) is 0 Å². The van der Waals surface area contributed by atoms with E-state index in [1.807, 2.05) is 31.2 Å². The van der Waals surface area contributed by atoms with Gasteiger partial charge in [0, 0.05) is 5.56 Å². The van der Waals surface area contributed by atoms with Crippen molar-refractivity contribution in [3.8, 4) is 0 Å². The third-order valence-electron chi connectivity index (χ3n) is 2.33. The van der Waals surface area contributed by atoms with Gasteiger partial charge in [-0.1, -0.05) is 66.5 Å². The van der Waals surface area contributed by atoms with Crippen molar-refractivity contribution in [1.82, 2.24) is 0 Å². The van der Waals surface area contributed by atoms with Crippen LogP contribution in [-0.2, 0) is 0 Å². The molecule has 1 nitrogen and oxygen atoms in total. The first-order valence-electron chi connectivity index (χ1n) is 5.07. The maximum Gasteiger partial charge on any atom is 0.176 e. The summed E-state index contributed by atoms with van der Waals surface area (Å²) in [7, 11) is 0. The molecule has 0 fully saturated rings. The van der Waals surface area contributed by atoms with Gasteiger partial charge in [0.25, 0.3) is 0 Å². The van der Waals surface area contributed by atoms with Gasteiger partial charge in [-0.2, -0.15) is 0 Å². The molecule has 0 aliphatic heterocycles. The number of carbonyl (C=O) groups is 1. The molecule has 0 aromatic heterocycles. The minimum atomic E-state index is -0.132. The smallest absolute Gasteiger partial charge is 0.176 e. The first-order valence-corrected chi connectivity index (χ1v) is 5.99. The van der Waals surface area contributed by atoms with Crippen molar-refractivity contribution in [2.45, 2.75) is 32.5 Å². The Kier molecular flexibility index (Phi) is 3.72. The Balaban J connectivity index is 2.90. The molecule has 2 heteroatoms. The van der Waals surface area contributed by atoms with Crippen LogP contribution in [-0.4, -0.2) is 10.6 Å². The number of halogens is 1. The fourth-order valence-electron chi connectivity index (χ4n) is 1.26. The van der Waals surface area contributed by atoms with Gasteiger partial charge < -0.3 is 0 Å². The van der Waals surface area contributed by atoms with Crippen LogP contribution >= 0.6 is 15.9 Å². The van der Waals surface area contributed by atoms with Crippen molar-refractivity contribution in [1.29, 1.82) is 0 Å². The van der Waals surface area contributed by atoms with Gasteiger partial charge in [0.15, 0.2) is 5.78 Å². The highest BCUT2D eigenvalue weighted by atomic mass is 79.9. The maximum absolute atomic E-state index is 12.1. The second kappa shape index (κ2) is 4.48. The fourth-order valence-corrected chi connectivity index (χ4v) is 1.52. The number of aryl methyl sites for hydroxylation is 1. The third kappa shape index (κ3) is 3.16. The summed E-state index contributed by atoms with van der Waals surface area (Å²) in [6, 6.07) is 7.71. The molecule has 1 aromatic carbocycles. The third-order valence-corrected chi connectivity index (χ3v) is 4.12. The Morgan fingerprint density at radius 2 is 1.67 bits per heavy atom. The highest BCUT2D eigenvalue weighted by Crippen LogP contribution is 2.28. The predicted molar refractivity (Wildman–Crippen MR) is 67.7 cm³/mol.